The van der Waals surface area contributed by atoms with Crippen LogP contribution in [0.3, 0.4) is 0 Å². The Balaban J connectivity index is 1.23. The Morgan fingerprint density at radius 3 is 1.93 bits per heavy atom. The van der Waals surface area contributed by atoms with E-state index in [0.29, 0.717) is 18.7 Å². The summed E-state index contributed by atoms with van der Waals surface area (Å²) < 4.78 is 0. The average Bonchev–Trinajstić information content (AvgIpc) is 3.23. The van der Waals surface area contributed by atoms with Gasteiger partial charge in [-0.25, -0.2) is 0 Å². The zero-order valence-electron chi connectivity index (χ0n) is 23.5. The summed E-state index contributed by atoms with van der Waals surface area (Å²) in [5.41, 5.74) is 2.94. The molecule has 3 heterocycles. The lowest BCUT2D eigenvalue weighted by Crippen LogP contribution is -2.59. The van der Waals surface area contributed by atoms with E-state index >= 15 is 0 Å². The Labute approximate surface area is 244 Å². The van der Waals surface area contributed by atoms with Crippen LogP contribution in [0.25, 0.3) is 0 Å². The van der Waals surface area contributed by atoms with Crippen molar-refractivity contribution >= 4 is 29.5 Å². The SMILES string of the molecule is CC1CN(C(c2ccccc2)c2ccccc2)CC(C)N1C(=O)c1ccc2c(c1)C(=O)N(C1CCC(=O)NC1=O)C2=O. The summed E-state index contributed by atoms with van der Waals surface area (Å²) in [5.74, 6) is -2.52. The van der Waals surface area contributed by atoms with E-state index in [1.54, 1.807) is 6.07 Å². The number of rotatable bonds is 5. The monoisotopic (exact) mass is 564 g/mol. The molecule has 3 atom stereocenters. The standard InChI is InChI=1S/C33H32N4O5/c1-20-18-35(29(22-9-5-3-6-10-22)23-11-7-4-8-12-23)19-21(2)36(20)31(40)24-13-14-25-26(17-24)33(42)37(32(25)41)27-15-16-28(38)34-30(27)39/h3-14,17,20-21,27,29H,15-16,18-19H2,1-2H3,(H,34,38,39). The third kappa shape index (κ3) is 4.79. The molecule has 0 aliphatic carbocycles. The predicted molar refractivity (Wildman–Crippen MR) is 155 cm³/mol. The summed E-state index contributed by atoms with van der Waals surface area (Å²) in [7, 11) is 0. The smallest absolute Gasteiger partial charge is 0.262 e. The van der Waals surface area contributed by atoms with Gasteiger partial charge in [-0.2, -0.15) is 0 Å². The van der Waals surface area contributed by atoms with Crippen molar-refractivity contribution in [3.63, 3.8) is 0 Å². The Hall–Kier alpha value is -4.63. The van der Waals surface area contributed by atoms with Gasteiger partial charge in [0.15, 0.2) is 0 Å². The molecule has 0 bridgehead atoms. The lowest BCUT2D eigenvalue weighted by atomic mass is 9.94. The summed E-state index contributed by atoms with van der Waals surface area (Å²) in [6.07, 6.45) is 0.124. The minimum absolute atomic E-state index is 0.0384. The number of carbonyl (C=O) groups excluding carboxylic acids is 5. The second kappa shape index (κ2) is 11.0. The van der Waals surface area contributed by atoms with Crippen LogP contribution in [0.4, 0.5) is 0 Å². The molecule has 2 fully saturated rings. The molecule has 3 aliphatic rings. The van der Waals surface area contributed by atoms with Gasteiger partial charge in [-0.3, -0.25) is 39.1 Å². The summed E-state index contributed by atoms with van der Waals surface area (Å²) >= 11 is 0. The van der Waals surface area contributed by atoms with E-state index in [4.69, 9.17) is 0 Å². The topological polar surface area (TPSA) is 107 Å². The molecule has 9 nitrogen and oxygen atoms in total. The van der Waals surface area contributed by atoms with Crippen LogP contribution in [0.5, 0.6) is 0 Å². The fraction of sp³-hybridized carbons (Fsp3) is 0.303. The maximum atomic E-state index is 13.9. The van der Waals surface area contributed by atoms with Crippen molar-refractivity contribution in [2.45, 2.75) is 50.9 Å². The molecular formula is C33H32N4O5. The van der Waals surface area contributed by atoms with Gasteiger partial charge in [-0.15, -0.1) is 0 Å². The van der Waals surface area contributed by atoms with Crippen molar-refractivity contribution < 1.29 is 24.0 Å². The third-order valence-electron chi connectivity index (χ3n) is 8.46. The minimum Gasteiger partial charge on any atom is -0.331 e. The van der Waals surface area contributed by atoms with E-state index < -0.39 is 29.7 Å². The van der Waals surface area contributed by atoms with Crippen LogP contribution in [-0.2, 0) is 9.59 Å². The Bertz CT molecular complexity index is 1520. The molecule has 214 valence electrons. The van der Waals surface area contributed by atoms with Crippen molar-refractivity contribution in [1.82, 2.24) is 20.0 Å². The maximum absolute atomic E-state index is 13.9. The highest BCUT2D eigenvalue weighted by Crippen LogP contribution is 2.33. The molecule has 5 amide bonds. The van der Waals surface area contributed by atoms with Gasteiger partial charge in [0, 0.05) is 37.2 Å². The van der Waals surface area contributed by atoms with Crippen molar-refractivity contribution in [2.24, 2.45) is 0 Å². The van der Waals surface area contributed by atoms with Crippen LogP contribution in [0, 0.1) is 0 Å². The van der Waals surface area contributed by atoms with Crippen LogP contribution in [-0.4, -0.2) is 75.5 Å². The molecule has 3 aromatic rings. The zero-order valence-corrected chi connectivity index (χ0v) is 23.5. The second-order valence-corrected chi connectivity index (χ2v) is 11.3. The number of hydrogen-bond acceptors (Lipinski definition) is 6. The number of nitrogens with zero attached hydrogens (tertiary/aromatic N) is 3. The molecule has 2 saturated heterocycles. The van der Waals surface area contributed by atoms with E-state index in [1.807, 2.05) is 55.1 Å². The molecule has 42 heavy (non-hydrogen) atoms. The number of hydrogen-bond donors (Lipinski definition) is 1. The van der Waals surface area contributed by atoms with E-state index in [2.05, 4.69) is 34.5 Å². The number of nitrogens with one attached hydrogen (secondary N) is 1. The molecule has 3 aliphatic heterocycles. The number of fused-ring (bicyclic) bond motifs is 1. The van der Waals surface area contributed by atoms with Gasteiger partial charge in [-0.05, 0) is 49.6 Å². The number of imide groups is 2. The van der Waals surface area contributed by atoms with Gasteiger partial charge in [0.05, 0.1) is 17.2 Å². The normalized spacial score (nSPS) is 22.9. The largest absolute Gasteiger partial charge is 0.331 e. The van der Waals surface area contributed by atoms with Gasteiger partial charge in [0.25, 0.3) is 17.7 Å². The van der Waals surface area contributed by atoms with Crippen molar-refractivity contribution in [1.29, 1.82) is 0 Å². The highest BCUT2D eigenvalue weighted by molar-refractivity contribution is 6.24. The van der Waals surface area contributed by atoms with E-state index in [1.165, 1.54) is 23.3 Å². The summed E-state index contributed by atoms with van der Waals surface area (Å²) in [6, 6.07) is 24.0. The molecule has 9 heteroatoms. The average molecular weight is 565 g/mol. The van der Waals surface area contributed by atoms with E-state index in [0.717, 1.165) is 4.90 Å². The van der Waals surface area contributed by atoms with Crippen LogP contribution < -0.4 is 5.32 Å². The zero-order chi connectivity index (χ0) is 29.5. The van der Waals surface area contributed by atoms with Gasteiger partial charge in [-0.1, -0.05) is 60.7 Å². The number of piperazine rings is 1. The Morgan fingerprint density at radius 2 is 1.36 bits per heavy atom. The highest BCUT2D eigenvalue weighted by atomic mass is 16.2. The lowest BCUT2D eigenvalue weighted by molar-refractivity contribution is -0.136. The molecule has 0 radical (unpaired) electrons. The molecule has 0 saturated carbocycles. The van der Waals surface area contributed by atoms with Crippen LogP contribution in [0.15, 0.2) is 78.9 Å². The first-order chi connectivity index (χ1) is 20.2. The summed E-state index contributed by atoms with van der Waals surface area (Å²) in [5, 5.41) is 2.20. The fourth-order valence-electron chi connectivity index (χ4n) is 6.61. The van der Waals surface area contributed by atoms with Crippen LogP contribution in [0.2, 0.25) is 0 Å². The van der Waals surface area contributed by atoms with Crippen molar-refractivity contribution in [3.05, 3.63) is 107 Å². The second-order valence-electron chi connectivity index (χ2n) is 11.3. The minimum atomic E-state index is -1.05. The molecule has 0 spiro atoms. The number of benzene rings is 3. The van der Waals surface area contributed by atoms with Gasteiger partial charge < -0.3 is 4.90 Å². The highest BCUT2D eigenvalue weighted by Gasteiger charge is 2.45. The van der Waals surface area contributed by atoms with E-state index in [-0.39, 0.29) is 48.0 Å². The molecule has 3 aromatic carbocycles. The third-order valence-corrected chi connectivity index (χ3v) is 8.46. The van der Waals surface area contributed by atoms with Gasteiger partial charge in [0.2, 0.25) is 11.8 Å². The molecule has 3 unspecified atom stereocenters. The van der Waals surface area contributed by atoms with Crippen LogP contribution in [0.1, 0.15) is 74.9 Å². The number of amides is 5. The number of piperidine rings is 1. The van der Waals surface area contributed by atoms with Gasteiger partial charge in [0.1, 0.15) is 6.04 Å². The first-order valence-corrected chi connectivity index (χ1v) is 14.3. The first kappa shape index (κ1) is 27.5. The quantitative estimate of drug-likeness (QED) is 0.476. The summed E-state index contributed by atoms with van der Waals surface area (Å²) in [6.45, 7) is 5.35. The Morgan fingerprint density at radius 1 is 0.786 bits per heavy atom. The maximum Gasteiger partial charge on any atom is 0.262 e. The molecule has 1 N–H and O–H groups in total. The first-order valence-electron chi connectivity index (χ1n) is 14.3. The molecule has 6 rings (SSSR count). The van der Waals surface area contributed by atoms with Crippen molar-refractivity contribution in [2.75, 3.05) is 13.1 Å². The van der Waals surface area contributed by atoms with E-state index in [9.17, 15) is 24.0 Å². The molecule has 0 aromatic heterocycles. The van der Waals surface area contributed by atoms with Gasteiger partial charge >= 0.3 is 0 Å². The van der Waals surface area contributed by atoms with Crippen LogP contribution >= 0.6 is 0 Å². The summed E-state index contributed by atoms with van der Waals surface area (Å²) in [4.78, 5) is 69.4. The predicted octanol–water partition coefficient (Wildman–Crippen LogP) is 3.41. The fourth-order valence-corrected chi connectivity index (χ4v) is 6.61. The Kier molecular flexibility index (Phi) is 7.20. The lowest BCUT2D eigenvalue weighted by Gasteiger charge is -2.47. The molecular weight excluding hydrogens is 532 g/mol. The number of carbonyl (C=O) groups is 5. The van der Waals surface area contributed by atoms with Crippen molar-refractivity contribution in [3.8, 4) is 0 Å².